The summed E-state index contributed by atoms with van der Waals surface area (Å²) >= 11 is 3.76. The molecule has 4 heteroatoms. The number of benzene rings is 1. The Morgan fingerprint density at radius 3 is 2.92 bits per heavy atom. The fourth-order valence-electron chi connectivity index (χ4n) is 1.18. The molecule has 2 aromatic rings. The van der Waals surface area contributed by atoms with Crippen LogP contribution in [0.25, 0.3) is 10.1 Å². The third-order valence-electron chi connectivity index (χ3n) is 1.85. The summed E-state index contributed by atoms with van der Waals surface area (Å²) in [5, 5.41) is 2.81. The molecule has 0 spiro atoms. The van der Waals surface area contributed by atoms with Crippen molar-refractivity contribution in [1.82, 2.24) is 0 Å². The number of nitrogens with two attached hydrogens (primary N) is 1. The summed E-state index contributed by atoms with van der Waals surface area (Å²) in [4.78, 5) is 10.6. The minimum Gasteiger partial charge on any atom is -0.398 e. The van der Waals surface area contributed by atoms with Gasteiger partial charge in [-0.2, -0.15) is 0 Å². The highest BCUT2D eigenvalue weighted by atomic mass is 127. The van der Waals surface area contributed by atoms with Crippen molar-refractivity contribution in [3.63, 3.8) is 0 Å². The number of fused-ring (bicyclic) bond motifs is 1. The summed E-state index contributed by atoms with van der Waals surface area (Å²) < 4.78 is 2.14. The molecule has 0 saturated carbocycles. The van der Waals surface area contributed by atoms with Gasteiger partial charge in [-0.1, -0.05) is 0 Å². The molecule has 0 fully saturated rings. The highest BCUT2D eigenvalue weighted by Gasteiger charge is 2.05. The van der Waals surface area contributed by atoms with Gasteiger partial charge < -0.3 is 5.73 Å². The maximum absolute atomic E-state index is 10.6. The Kier molecular flexibility index (Phi) is 2.25. The molecular weight excluding hydrogens is 297 g/mol. The van der Waals surface area contributed by atoms with E-state index in [-0.39, 0.29) is 0 Å². The van der Waals surface area contributed by atoms with Crippen LogP contribution in [0.1, 0.15) is 10.4 Å². The molecule has 1 aromatic heterocycles. The molecule has 1 aromatic carbocycles. The van der Waals surface area contributed by atoms with Gasteiger partial charge in [0.2, 0.25) is 0 Å². The third-order valence-corrected chi connectivity index (χ3v) is 3.75. The van der Waals surface area contributed by atoms with E-state index < -0.39 is 0 Å². The number of aldehydes is 1. The average molecular weight is 303 g/mol. The number of nitrogen functional groups attached to an aromatic ring is 1. The summed E-state index contributed by atoms with van der Waals surface area (Å²) in [7, 11) is 0. The topological polar surface area (TPSA) is 43.1 Å². The number of rotatable bonds is 1. The van der Waals surface area contributed by atoms with Gasteiger partial charge in [0.25, 0.3) is 0 Å². The van der Waals surface area contributed by atoms with Crippen molar-refractivity contribution >= 4 is 56.0 Å². The van der Waals surface area contributed by atoms with Gasteiger partial charge in [0.05, 0.1) is 0 Å². The Balaban J connectivity index is 2.84. The standard InChI is InChI=1S/C9H6INOS/c10-7-2-9-6(1-8(7)11)5(3-12)4-13-9/h1-4H,11H2. The quantitative estimate of drug-likeness (QED) is 0.500. The van der Waals surface area contributed by atoms with Gasteiger partial charge in [0.15, 0.2) is 6.29 Å². The number of anilines is 1. The molecule has 2 N–H and O–H groups in total. The molecule has 0 radical (unpaired) electrons. The lowest BCUT2D eigenvalue weighted by atomic mass is 10.2. The molecule has 0 bridgehead atoms. The number of carbonyl (C=O) groups is 1. The molecule has 0 aliphatic rings. The molecule has 2 rings (SSSR count). The SMILES string of the molecule is Nc1cc2c(C=O)csc2cc1I. The fraction of sp³-hybridized carbons (Fsp3) is 0. The van der Waals surface area contributed by atoms with E-state index in [9.17, 15) is 4.79 Å². The summed E-state index contributed by atoms with van der Waals surface area (Å²) in [6.07, 6.45) is 0.866. The van der Waals surface area contributed by atoms with Crippen LogP contribution in [0.5, 0.6) is 0 Å². The van der Waals surface area contributed by atoms with Gasteiger partial charge in [-0.25, -0.2) is 0 Å². The van der Waals surface area contributed by atoms with E-state index in [4.69, 9.17) is 5.73 Å². The predicted octanol–water partition coefficient (Wildman–Crippen LogP) is 2.90. The van der Waals surface area contributed by atoms with E-state index in [0.717, 1.165) is 31.2 Å². The highest BCUT2D eigenvalue weighted by Crippen LogP contribution is 2.29. The largest absolute Gasteiger partial charge is 0.398 e. The first-order chi connectivity index (χ1) is 6.22. The van der Waals surface area contributed by atoms with Gasteiger partial charge in [-0.15, -0.1) is 11.3 Å². The Morgan fingerprint density at radius 1 is 1.46 bits per heavy atom. The van der Waals surface area contributed by atoms with Gasteiger partial charge in [0.1, 0.15) is 0 Å². The van der Waals surface area contributed by atoms with Crippen LogP contribution in [0.3, 0.4) is 0 Å². The molecule has 0 saturated heterocycles. The van der Waals surface area contributed by atoms with Crippen LogP contribution in [0.4, 0.5) is 5.69 Å². The molecular formula is C9H6INOS. The first kappa shape index (κ1) is 8.96. The van der Waals surface area contributed by atoms with Crippen molar-refractivity contribution in [1.29, 1.82) is 0 Å². The van der Waals surface area contributed by atoms with Crippen LogP contribution >= 0.6 is 33.9 Å². The summed E-state index contributed by atoms with van der Waals surface area (Å²) in [5.41, 5.74) is 7.21. The van der Waals surface area contributed by atoms with Gasteiger partial charge in [0, 0.05) is 30.3 Å². The van der Waals surface area contributed by atoms with Crippen LogP contribution in [0.15, 0.2) is 17.5 Å². The zero-order valence-electron chi connectivity index (χ0n) is 6.58. The number of halogens is 1. The van der Waals surface area contributed by atoms with E-state index in [2.05, 4.69) is 22.6 Å². The number of thiophene rings is 1. The zero-order chi connectivity index (χ0) is 9.42. The number of hydrogen-bond donors (Lipinski definition) is 1. The van der Waals surface area contributed by atoms with Crippen LogP contribution in [0.2, 0.25) is 0 Å². The van der Waals surface area contributed by atoms with Crippen LogP contribution in [-0.2, 0) is 0 Å². The van der Waals surface area contributed by atoms with E-state index in [1.165, 1.54) is 0 Å². The number of hydrogen-bond acceptors (Lipinski definition) is 3. The number of carbonyl (C=O) groups excluding carboxylic acids is 1. The van der Waals surface area contributed by atoms with Crippen LogP contribution < -0.4 is 5.73 Å². The van der Waals surface area contributed by atoms with Crippen molar-refractivity contribution in [3.05, 3.63) is 26.6 Å². The Hall–Kier alpha value is -0.620. The first-order valence-corrected chi connectivity index (χ1v) is 5.59. The summed E-state index contributed by atoms with van der Waals surface area (Å²) in [6, 6.07) is 3.86. The van der Waals surface area contributed by atoms with Crippen LogP contribution in [0, 0.1) is 3.57 Å². The van der Waals surface area contributed by atoms with E-state index in [1.807, 2.05) is 17.5 Å². The average Bonchev–Trinajstić information content (AvgIpc) is 2.48. The van der Waals surface area contributed by atoms with E-state index >= 15 is 0 Å². The minimum atomic E-state index is 0.725. The smallest absolute Gasteiger partial charge is 0.151 e. The molecule has 0 amide bonds. The summed E-state index contributed by atoms with van der Waals surface area (Å²) in [5.74, 6) is 0. The second-order valence-electron chi connectivity index (χ2n) is 2.68. The zero-order valence-corrected chi connectivity index (χ0v) is 9.56. The monoisotopic (exact) mass is 303 g/mol. The van der Waals surface area contributed by atoms with E-state index in [1.54, 1.807) is 11.3 Å². The van der Waals surface area contributed by atoms with Crippen molar-refractivity contribution in [2.75, 3.05) is 5.73 Å². The third kappa shape index (κ3) is 1.44. The lowest BCUT2D eigenvalue weighted by molar-refractivity contribution is 0.112. The van der Waals surface area contributed by atoms with Crippen molar-refractivity contribution < 1.29 is 4.79 Å². The fourth-order valence-corrected chi connectivity index (χ4v) is 2.78. The lowest BCUT2D eigenvalue weighted by Gasteiger charge is -1.97. The van der Waals surface area contributed by atoms with Gasteiger partial charge in [-0.05, 0) is 34.7 Å². The second kappa shape index (κ2) is 3.26. The maximum atomic E-state index is 10.6. The normalized spacial score (nSPS) is 10.5. The Morgan fingerprint density at radius 2 is 2.23 bits per heavy atom. The maximum Gasteiger partial charge on any atom is 0.151 e. The summed E-state index contributed by atoms with van der Waals surface area (Å²) in [6.45, 7) is 0. The van der Waals surface area contributed by atoms with Crippen molar-refractivity contribution in [3.8, 4) is 0 Å². The molecule has 0 aliphatic heterocycles. The van der Waals surface area contributed by atoms with Crippen molar-refractivity contribution in [2.45, 2.75) is 0 Å². The predicted molar refractivity (Wildman–Crippen MR) is 64.3 cm³/mol. The molecule has 2 nitrogen and oxygen atoms in total. The second-order valence-corrected chi connectivity index (χ2v) is 4.75. The van der Waals surface area contributed by atoms with Gasteiger partial charge >= 0.3 is 0 Å². The minimum absolute atomic E-state index is 0.725. The molecule has 0 aliphatic carbocycles. The molecule has 1 heterocycles. The Labute approximate surface area is 92.9 Å². The highest BCUT2D eigenvalue weighted by molar-refractivity contribution is 14.1. The van der Waals surface area contributed by atoms with E-state index in [0.29, 0.717) is 0 Å². The lowest BCUT2D eigenvalue weighted by Crippen LogP contribution is -1.88. The van der Waals surface area contributed by atoms with Gasteiger partial charge in [-0.3, -0.25) is 4.79 Å². The molecule has 66 valence electrons. The van der Waals surface area contributed by atoms with Crippen molar-refractivity contribution in [2.24, 2.45) is 0 Å². The first-order valence-electron chi connectivity index (χ1n) is 3.64. The Bertz CT molecular complexity index is 478. The molecule has 0 unspecified atom stereocenters. The molecule has 13 heavy (non-hydrogen) atoms. The van der Waals surface area contributed by atoms with Crippen LogP contribution in [-0.4, -0.2) is 6.29 Å². The molecule has 0 atom stereocenters.